The Morgan fingerprint density at radius 3 is 3.00 bits per heavy atom. The zero-order valence-corrected chi connectivity index (χ0v) is 12.3. The van der Waals surface area contributed by atoms with Crippen molar-refractivity contribution >= 4 is 10.0 Å². The summed E-state index contributed by atoms with van der Waals surface area (Å²) < 4.78 is 26.6. The summed E-state index contributed by atoms with van der Waals surface area (Å²) in [7, 11) is -3.42. The molecule has 0 aromatic carbocycles. The van der Waals surface area contributed by atoms with E-state index in [2.05, 4.69) is 29.4 Å². The van der Waals surface area contributed by atoms with Gasteiger partial charge in [0.2, 0.25) is 0 Å². The number of rotatable bonds is 6. The van der Waals surface area contributed by atoms with E-state index in [-0.39, 0.29) is 5.03 Å². The lowest BCUT2D eigenvalue weighted by molar-refractivity contribution is 0.460. The molecule has 1 unspecified atom stereocenters. The molecule has 2 N–H and O–H groups in total. The molecular formula is C12H22N4O2S. The second-order valence-electron chi connectivity index (χ2n) is 5.16. The second kappa shape index (κ2) is 6.02. The molecule has 0 radical (unpaired) electrons. The Balaban J connectivity index is 2.14. The number of aromatic amines is 1. The highest BCUT2D eigenvalue weighted by Crippen LogP contribution is 2.24. The van der Waals surface area contributed by atoms with Gasteiger partial charge in [0.1, 0.15) is 0 Å². The molecule has 6 nitrogen and oxygen atoms in total. The van der Waals surface area contributed by atoms with Gasteiger partial charge in [0.15, 0.2) is 5.03 Å². The van der Waals surface area contributed by atoms with Crippen LogP contribution in [0.1, 0.15) is 32.3 Å². The van der Waals surface area contributed by atoms with Crippen molar-refractivity contribution in [3.8, 4) is 0 Å². The second-order valence-corrected chi connectivity index (χ2v) is 7.03. The zero-order valence-electron chi connectivity index (χ0n) is 11.5. The highest BCUT2D eigenvalue weighted by atomic mass is 32.2. The number of sulfonamides is 1. The molecule has 2 rings (SSSR count). The lowest BCUT2D eigenvalue weighted by atomic mass is 10.2. The van der Waals surface area contributed by atoms with Crippen molar-refractivity contribution in [2.24, 2.45) is 5.92 Å². The van der Waals surface area contributed by atoms with Crippen LogP contribution in [0.2, 0.25) is 0 Å². The fourth-order valence-corrected chi connectivity index (χ4v) is 3.97. The third-order valence-electron chi connectivity index (χ3n) is 3.40. The van der Waals surface area contributed by atoms with Crippen LogP contribution in [0.25, 0.3) is 0 Å². The first kappa shape index (κ1) is 14.5. The van der Waals surface area contributed by atoms with Gasteiger partial charge in [-0.1, -0.05) is 13.8 Å². The topological polar surface area (TPSA) is 78.1 Å². The predicted octanol–water partition coefficient (Wildman–Crippen LogP) is 0.940. The largest absolute Gasteiger partial charge is 0.313 e. The molecule has 0 spiro atoms. The van der Waals surface area contributed by atoms with Gasteiger partial charge in [-0.05, 0) is 25.3 Å². The van der Waals surface area contributed by atoms with Gasteiger partial charge in [-0.2, -0.15) is 9.40 Å². The van der Waals surface area contributed by atoms with Crippen LogP contribution >= 0.6 is 0 Å². The van der Waals surface area contributed by atoms with E-state index in [4.69, 9.17) is 0 Å². The molecule has 2 heterocycles. The summed E-state index contributed by atoms with van der Waals surface area (Å²) in [5.41, 5.74) is 0.716. The average molecular weight is 286 g/mol. The zero-order chi connectivity index (χ0) is 13.9. The Morgan fingerprint density at radius 2 is 2.37 bits per heavy atom. The van der Waals surface area contributed by atoms with Crippen molar-refractivity contribution in [2.75, 3.05) is 19.6 Å². The van der Waals surface area contributed by atoms with Crippen molar-refractivity contribution in [3.63, 3.8) is 0 Å². The van der Waals surface area contributed by atoms with E-state index in [1.54, 1.807) is 10.5 Å². The molecule has 0 amide bonds. The lowest BCUT2D eigenvalue weighted by Crippen LogP contribution is -2.30. The minimum atomic E-state index is -3.42. The summed E-state index contributed by atoms with van der Waals surface area (Å²) in [5, 5.41) is 9.98. The number of hydrogen-bond donors (Lipinski definition) is 2. The summed E-state index contributed by atoms with van der Waals surface area (Å²) in [6, 6.07) is 0. The lowest BCUT2D eigenvalue weighted by Gasteiger charge is -2.15. The van der Waals surface area contributed by atoms with E-state index in [1.807, 2.05) is 0 Å². The van der Waals surface area contributed by atoms with Gasteiger partial charge >= 0.3 is 0 Å². The van der Waals surface area contributed by atoms with Crippen LogP contribution < -0.4 is 5.32 Å². The summed E-state index contributed by atoms with van der Waals surface area (Å²) in [4.78, 5) is 0. The molecule has 1 atom stereocenters. The van der Waals surface area contributed by atoms with Gasteiger partial charge in [-0.15, -0.1) is 0 Å². The molecule has 1 saturated heterocycles. The van der Waals surface area contributed by atoms with E-state index in [1.165, 1.54) is 0 Å². The van der Waals surface area contributed by atoms with Crippen LogP contribution in [0.4, 0.5) is 0 Å². The van der Waals surface area contributed by atoms with Crippen molar-refractivity contribution in [2.45, 2.75) is 38.3 Å². The Bertz CT molecular complexity index is 512. The highest BCUT2D eigenvalue weighted by Gasteiger charge is 2.33. The molecule has 1 fully saturated rings. The molecule has 1 aliphatic heterocycles. The predicted molar refractivity (Wildman–Crippen MR) is 73.1 cm³/mol. The first-order chi connectivity index (χ1) is 9.05. The van der Waals surface area contributed by atoms with Gasteiger partial charge in [0.05, 0.1) is 6.20 Å². The summed E-state index contributed by atoms with van der Waals surface area (Å²) in [5.74, 6) is 0.430. The maximum Gasteiger partial charge on any atom is 0.260 e. The standard InChI is InChI=1S/C12H22N4O2S/c1-3-5-13-7-11-8-14-15-12(11)19(17,18)16-6-4-10(2)9-16/h8,10,13H,3-7,9H2,1-2H3,(H,14,15). The minimum absolute atomic E-state index is 0.241. The molecule has 7 heteroatoms. The first-order valence-corrected chi connectivity index (χ1v) is 8.22. The van der Waals surface area contributed by atoms with Crippen molar-refractivity contribution in [3.05, 3.63) is 11.8 Å². The van der Waals surface area contributed by atoms with Crippen LogP contribution in [0.15, 0.2) is 11.2 Å². The number of hydrogen-bond acceptors (Lipinski definition) is 4. The van der Waals surface area contributed by atoms with Crippen LogP contribution in [-0.2, 0) is 16.6 Å². The number of H-pyrrole nitrogens is 1. The Hall–Kier alpha value is -0.920. The third kappa shape index (κ3) is 3.16. The smallest absolute Gasteiger partial charge is 0.260 e. The van der Waals surface area contributed by atoms with Gasteiger partial charge in [-0.25, -0.2) is 8.42 Å². The van der Waals surface area contributed by atoms with Crippen LogP contribution in [-0.4, -0.2) is 42.6 Å². The third-order valence-corrected chi connectivity index (χ3v) is 5.29. The van der Waals surface area contributed by atoms with Gasteiger partial charge in [-0.3, -0.25) is 5.10 Å². The molecule has 108 valence electrons. The monoisotopic (exact) mass is 286 g/mol. The summed E-state index contributed by atoms with van der Waals surface area (Å²) >= 11 is 0. The van der Waals surface area contributed by atoms with Crippen LogP contribution in [0.5, 0.6) is 0 Å². The molecule has 0 bridgehead atoms. The van der Waals surface area contributed by atoms with E-state index in [0.717, 1.165) is 19.4 Å². The van der Waals surface area contributed by atoms with Gasteiger partial charge in [0, 0.05) is 25.2 Å². The normalized spacial score (nSPS) is 21.1. The number of aromatic nitrogens is 2. The van der Waals surface area contributed by atoms with E-state index in [9.17, 15) is 8.42 Å². The molecule has 0 saturated carbocycles. The van der Waals surface area contributed by atoms with Crippen molar-refractivity contribution in [1.82, 2.24) is 19.8 Å². The molecule has 1 aromatic heterocycles. The highest BCUT2D eigenvalue weighted by molar-refractivity contribution is 7.89. The van der Waals surface area contributed by atoms with Gasteiger partial charge < -0.3 is 5.32 Å². The molecule has 1 aliphatic rings. The average Bonchev–Trinajstić information content (AvgIpc) is 2.98. The SMILES string of the molecule is CCCNCc1cn[nH]c1S(=O)(=O)N1CCC(C)C1. The Kier molecular flexibility index (Phi) is 4.59. The summed E-state index contributed by atoms with van der Waals surface area (Å²) in [6.45, 7) is 6.75. The quantitative estimate of drug-likeness (QED) is 0.763. The molecule has 0 aliphatic carbocycles. The van der Waals surface area contributed by atoms with Crippen LogP contribution in [0.3, 0.4) is 0 Å². The first-order valence-electron chi connectivity index (χ1n) is 6.78. The van der Waals surface area contributed by atoms with Crippen LogP contribution in [0, 0.1) is 5.92 Å². The minimum Gasteiger partial charge on any atom is -0.313 e. The van der Waals surface area contributed by atoms with E-state index >= 15 is 0 Å². The fourth-order valence-electron chi connectivity index (χ4n) is 2.29. The fraction of sp³-hybridized carbons (Fsp3) is 0.750. The maximum absolute atomic E-state index is 12.5. The molecule has 1 aromatic rings. The van der Waals surface area contributed by atoms with Gasteiger partial charge in [0.25, 0.3) is 10.0 Å². The van der Waals surface area contributed by atoms with E-state index < -0.39 is 10.0 Å². The van der Waals surface area contributed by atoms with Crippen molar-refractivity contribution in [1.29, 1.82) is 0 Å². The number of nitrogens with one attached hydrogen (secondary N) is 2. The molecular weight excluding hydrogens is 264 g/mol. The summed E-state index contributed by atoms with van der Waals surface area (Å²) in [6.07, 6.45) is 3.54. The Morgan fingerprint density at radius 1 is 1.58 bits per heavy atom. The molecule has 19 heavy (non-hydrogen) atoms. The number of nitrogens with zero attached hydrogens (tertiary/aromatic N) is 2. The van der Waals surface area contributed by atoms with Crippen molar-refractivity contribution < 1.29 is 8.42 Å². The van der Waals surface area contributed by atoms with E-state index in [0.29, 0.717) is 31.1 Å². The maximum atomic E-state index is 12.5. The Labute approximate surface area is 114 Å².